The second kappa shape index (κ2) is 4.66. The van der Waals surface area contributed by atoms with Crippen molar-refractivity contribution in [3.05, 3.63) is 29.3 Å². The average molecular weight is 237 g/mol. The van der Waals surface area contributed by atoms with Crippen molar-refractivity contribution in [2.24, 2.45) is 10.7 Å². The highest BCUT2D eigenvalue weighted by Crippen LogP contribution is 2.25. The third-order valence-electron chi connectivity index (χ3n) is 2.65. The van der Waals surface area contributed by atoms with Crippen molar-refractivity contribution in [1.29, 1.82) is 0 Å². The second-order valence-electron chi connectivity index (χ2n) is 3.85. The van der Waals surface area contributed by atoms with E-state index in [9.17, 15) is 4.79 Å². The van der Waals surface area contributed by atoms with Gasteiger partial charge in [0.05, 0.1) is 11.6 Å². The van der Waals surface area contributed by atoms with Crippen LogP contribution in [0.5, 0.6) is 0 Å². The van der Waals surface area contributed by atoms with E-state index < -0.39 is 0 Å². The summed E-state index contributed by atoms with van der Waals surface area (Å²) < 4.78 is 0. The number of halogens is 1. The molecule has 1 aliphatic rings. The van der Waals surface area contributed by atoms with Crippen LogP contribution in [-0.4, -0.2) is 17.5 Å². The molecule has 3 nitrogen and oxygen atoms in total. The molecule has 2 N–H and O–H groups in total. The van der Waals surface area contributed by atoms with Crippen LogP contribution >= 0.6 is 11.6 Å². The lowest BCUT2D eigenvalue weighted by atomic mass is 9.90. The minimum Gasteiger partial charge on any atom is -0.386 e. The zero-order valence-electron chi connectivity index (χ0n) is 8.87. The molecule has 0 atom stereocenters. The molecule has 0 aliphatic heterocycles. The van der Waals surface area contributed by atoms with Gasteiger partial charge in [0.2, 0.25) is 0 Å². The quantitative estimate of drug-likeness (QED) is 0.487. The Bertz CT molecular complexity index is 454. The first-order chi connectivity index (χ1) is 7.70. The zero-order valence-corrected chi connectivity index (χ0v) is 9.63. The van der Waals surface area contributed by atoms with E-state index >= 15 is 0 Å². The normalized spacial score (nSPS) is 16.1. The first kappa shape index (κ1) is 11.1. The number of Topliss-reactive ketones (excluding diaryl/α,β-unsaturated/α-hetero) is 1. The Morgan fingerprint density at radius 3 is 3.00 bits per heavy atom. The van der Waals surface area contributed by atoms with E-state index in [0.29, 0.717) is 17.9 Å². The molecule has 0 unspecified atom stereocenters. The van der Waals surface area contributed by atoms with Crippen molar-refractivity contribution in [3.8, 4) is 0 Å². The van der Waals surface area contributed by atoms with Gasteiger partial charge in [-0.25, -0.2) is 4.99 Å². The summed E-state index contributed by atoms with van der Waals surface area (Å²) in [5, 5.41) is 0. The number of carbonyl (C=O) groups is 1. The van der Waals surface area contributed by atoms with Crippen LogP contribution in [0.2, 0.25) is 0 Å². The molecule has 0 spiro atoms. The van der Waals surface area contributed by atoms with E-state index in [-0.39, 0.29) is 11.7 Å². The summed E-state index contributed by atoms with van der Waals surface area (Å²) in [6.07, 6.45) is 2.54. The lowest BCUT2D eigenvalue weighted by Gasteiger charge is -2.14. The number of amidine groups is 1. The third-order valence-corrected chi connectivity index (χ3v) is 2.93. The number of nitrogens with zero attached hydrogens (tertiary/aromatic N) is 1. The summed E-state index contributed by atoms with van der Waals surface area (Å²) >= 11 is 5.55. The van der Waals surface area contributed by atoms with Gasteiger partial charge in [0.15, 0.2) is 5.78 Å². The Balaban J connectivity index is 2.38. The minimum atomic E-state index is 0.197. The van der Waals surface area contributed by atoms with Gasteiger partial charge >= 0.3 is 0 Å². The highest BCUT2D eigenvalue weighted by Gasteiger charge is 2.16. The predicted molar refractivity (Wildman–Crippen MR) is 65.7 cm³/mol. The van der Waals surface area contributed by atoms with E-state index in [1.807, 2.05) is 12.1 Å². The maximum absolute atomic E-state index is 11.7. The number of ketones is 1. The fraction of sp³-hybridized carbons (Fsp3) is 0.333. The number of fused-ring (bicyclic) bond motifs is 1. The molecule has 16 heavy (non-hydrogen) atoms. The molecule has 1 aromatic rings. The Labute approximate surface area is 99.3 Å². The fourth-order valence-electron chi connectivity index (χ4n) is 1.88. The third kappa shape index (κ3) is 2.25. The van der Waals surface area contributed by atoms with Gasteiger partial charge in [-0.15, -0.1) is 11.6 Å². The van der Waals surface area contributed by atoms with E-state index in [1.165, 1.54) is 0 Å². The van der Waals surface area contributed by atoms with Crippen LogP contribution in [0.4, 0.5) is 5.69 Å². The smallest absolute Gasteiger partial charge is 0.163 e. The minimum absolute atomic E-state index is 0.197. The average Bonchev–Trinajstić information content (AvgIpc) is 2.30. The second-order valence-corrected chi connectivity index (χ2v) is 4.12. The number of hydrogen-bond acceptors (Lipinski definition) is 2. The van der Waals surface area contributed by atoms with Crippen molar-refractivity contribution >= 4 is 28.9 Å². The van der Waals surface area contributed by atoms with Gasteiger partial charge in [0.25, 0.3) is 0 Å². The molecular weight excluding hydrogens is 224 g/mol. The van der Waals surface area contributed by atoms with Crippen molar-refractivity contribution in [1.82, 2.24) is 0 Å². The number of nitrogens with two attached hydrogens (primary N) is 1. The lowest BCUT2D eigenvalue weighted by Crippen LogP contribution is -2.13. The molecule has 0 bridgehead atoms. The van der Waals surface area contributed by atoms with E-state index in [1.54, 1.807) is 6.07 Å². The Hall–Kier alpha value is -1.35. The number of alkyl halides is 1. The molecule has 0 heterocycles. The Morgan fingerprint density at radius 2 is 2.25 bits per heavy atom. The first-order valence-corrected chi connectivity index (χ1v) is 5.79. The van der Waals surface area contributed by atoms with E-state index in [0.717, 1.165) is 24.0 Å². The fourth-order valence-corrected chi connectivity index (χ4v) is 1.94. The summed E-state index contributed by atoms with van der Waals surface area (Å²) in [6.45, 7) is 0. The summed E-state index contributed by atoms with van der Waals surface area (Å²) in [6, 6.07) is 5.62. The summed E-state index contributed by atoms with van der Waals surface area (Å²) in [7, 11) is 0. The van der Waals surface area contributed by atoms with Gasteiger partial charge in [-0.2, -0.15) is 0 Å². The van der Waals surface area contributed by atoms with Crippen molar-refractivity contribution in [2.45, 2.75) is 19.3 Å². The highest BCUT2D eigenvalue weighted by atomic mass is 35.5. The van der Waals surface area contributed by atoms with E-state index in [2.05, 4.69) is 4.99 Å². The molecule has 84 valence electrons. The molecule has 0 aromatic heterocycles. The molecular formula is C12H13ClN2O. The Kier molecular flexibility index (Phi) is 3.25. The maximum Gasteiger partial charge on any atom is 0.163 e. The predicted octanol–water partition coefficient (Wildman–Crippen LogP) is 2.43. The van der Waals surface area contributed by atoms with Crippen LogP contribution in [-0.2, 0) is 6.42 Å². The molecule has 1 aliphatic carbocycles. The summed E-state index contributed by atoms with van der Waals surface area (Å²) in [4.78, 5) is 15.8. The molecule has 1 aromatic carbocycles. The molecule has 0 saturated heterocycles. The van der Waals surface area contributed by atoms with Crippen LogP contribution < -0.4 is 5.73 Å². The van der Waals surface area contributed by atoms with E-state index in [4.69, 9.17) is 17.3 Å². The van der Waals surface area contributed by atoms with Crippen LogP contribution in [0.3, 0.4) is 0 Å². The SMILES string of the molecule is NC(CCl)=Nc1ccc2c(c1)C(=O)CCC2. The van der Waals surface area contributed by atoms with Crippen LogP contribution in [0.15, 0.2) is 23.2 Å². The van der Waals surface area contributed by atoms with Crippen LogP contribution in [0, 0.1) is 0 Å². The standard InChI is InChI=1S/C12H13ClN2O/c13-7-12(14)15-9-5-4-8-2-1-3-11(16)10(8)6-9/h4-6H,1-3,7H2,(H2,14,15). The summed E-state index contributed by atoms with van der Waals surface area (Å²) in [5.74, 6) is 0.762. The van der Waals surface area contributed by atoms with Gasteiger partial charge in [0.1, 0.15) is 5.84 Å². The maximum atomic E-state index is 11.7. The molecule has 0 radical (unpaired) electrons. The number of carbonyl (C=O) groups excluding carboxylic acids is 1. The lowest BCUT2D eigenvalue weighted by molar-refractivity contribution is 0.0972. The Morgan fingerprint density at radius 1 is 1.44 bits per heavy atom. The molecule has 0 fully saturated rings. The molecule has 4 heteroatoms. The number of rotatable bonds is 2. The first-order valence-electron chi connectivity index (χ1n) is 5.26. The zero-order chi connectivity index (χ0) is 11.5. The van der Waals surface area contributed by atoms with Gasteiger partial charge in [-0.1, -0.05) is 6.07 Å². The highest BCUT2D eigenvalue weighted by molar-refractivity contribution is 6.28. The number of hydrogen-bond donors (Lipinski definition) is 1. The van der Waals surface area contributed by atoms with Gasteiger partial charge in [-0.3, -0.25) is 4.79 Å². The van der Waals surface area contributed by atoms with Gasteiger partial charge in [-0.05, 0) is 30.5 Å². The van der Waals surface area contributed by atoms with Gasteiger partial charge < -0.3 is 5.73 Å². The number of aryl methyl sites for hydroxylation is 1. The monoisotopic (exact) mass is 236 g/mol. The van der Waals surface area contributed by atoms with Crippen molar-refractivity contribution < 1.29 is 4.79 Å². The van der Waals surface area contributed by atoms with Gasteiger partial charge in [0, 0.05) is 12.0 Å². The van der Waals surface area contributed by atoms with Crippen molar-refractivity contribution in [3.63, 3.8) is 0 Å². The number of benzene rings is 1. The molecule has 0 saturated carbocycles. The topological polar surface area (TPSA) is 55.4 Å². The molecule has 0 amide bonds. The number of aliphatic imine (C=N–C) groups is 1. The van der Waals surface area contributed by atoms with Crippen LogP contribution in [0.1, 0.15) is 28.8 Å². The van der Waals surface area contributed by atoms with Crippen LogP contribution in [0.25, 0.3) is 0 Å². The largest absolute Gasteiger partial charge is 0.386 e. The van der Waals surface area contributed by atoms with Crippen molar-refractivity contribution in [2.75, 3.05) is 5.88 Å². The summed E-state index contributed by atoms with van der Waals surface area (Å²) in [5.41, 5.74) is 8.15. The molecule has 2 rings (SSSR count).